The summed E-state index contributed by atoms with van der Waals surface area (Å²) in [5.41, 5.74) is 5.19. The number of hydrogen-bond acceptors (Lipinski definition) is 2. The van der Waals surface area contributed by atoms with E-state index in [1.165, 1.54) is 0 Å². The first-order chi connectivity index (χ1) is 3.22. The van der Waals surface area contributed by atoms with Crippen molar-refractivity contribution in [1.82, 2.24) is 0 Å². The molecule has 0 aliphatic heterocycles. The Balaban J connectivity index is 0.000000490. The van der Waals surface area contributed by atoms with Crippen molar-refractivity contribution in [3.8, 4) is 0 Å². The Morgan fingerprint density at radius 3 is 2.12 bits per heavy atom. The molecule has 3 N–H and O–H groups in total. The molecule has 0 aromatic rings. The maximum Gasteiger partial charge on any atom is 0.308 e. The van der Waals surface area contributed by atoms with E-state index in [4.69, 9.17) is 10.8 Å². The van der Waals surface area contributed by atoms with Crippen LogP contribution in [0.4, 0.5) is 0 Å². The van der Waals surface area contributed by atoms with Crippen LogP contribution in [-0.4, -0.2) is 17.1 Å². The molecule has 1 aliphatic carbocycles. The summed E-state index contributed by atoms with van der Waals surface area (Å²) >= 11 is 0. The molecule has 0 spiro atoms. The van der Waals surface area contributed by atoms with Gasteiger partial charge in [-0.3, -0.25) is 4.79 Å². The summed E-state index contributed by atoms with van der Waals surface area (Å²) in [6, 6.07) is -0.0579. The maximum atomic E-state index is 9.89. The molecule has 0 aromatic heterocycles. The van der Waals surface area contributed by atoms with E-state index in [9.17, 15) is 4.79 Å². The smallest absolute Gasteiger partial charge is 0.308 e. The molecular weight excluding hydrogens is 130 g/mol. The molecule has 1 saturated carbocycles. The molecule has 0 saturated heterocycles. The molecule has 8 heavy (non-hydrogen) atoms. The van der Waals surface area contributed by atoms with E-state index in [0.717, 1.165) is 0 Å². The first-order valence-corrected chi connectivity index (χ1v) is 2.20. The zero-order chi connectivity index (χ0) is 5.44. The molecular formula is C4H8ClNO2. The van der Waals surface area contributed by atoms with Gasteiger partial charge in [0.25, 0.3) is 0 Å². The Kier molecular flexibility index (Phi) is 2.25. The summed E-state index contributed by atoms with van der Waals surface area (Å²) in [4.78, 5) is 9.89. The molecule has 1 aliphatic rings. The summed E-state index contributed by atoms with van der Waals surface area (Å²) in [5, 5.41) is 8.14. The molecule has 4 heteroatoms. The SMILES string of the molecule is Cl.N[C@@H]1C[C@H]1C(=O)O. The van der Waals surface area contributed by atoms with E-state index in [2.05, 4.69) is 0 Å². The van der Waals surface area contributed by atoms with Crippen molar-refractivity contribution in [3.63, 3.8) is 0 Å². The van der Waals surface area contributed by atoms with Gasteiger partial charge < -0.3 is 10.8 Å². The molecule has 2 atom stereocenters. The summed E-state index contributed by atoms with van der Waals surface area (Å²) in [7, 11) is 0. The van der Waals surface area contributed by atoms with Gasteiger partial charge in [-0.05, 0) is 6.42 Å². The largest absolute Gasteiger partial charge is 0.481 e. The van der Waals surface area contributed by atoms with E-state index in [1.807, 2.05) is 0 Å². The fraction of sp³-hybridized carbons (Fsp3) is 0.750. The highest BCUT2D eigenvalue weighted by atomic mass is 35.5. The molecule has 48 valence electrons. The minimum Gasteiger partial charge on any atom is -0.481 e. The first kappa shape index (κ1) is 7.72. The van der Waals surface area contributed by atoms with Crippen molar-refractivity contribution in [1.29, 1.82) is 0 Å². The predicted molar refractivity (Wildman–Crippen MR) is 31.0 cm³/mol. The lowest BCUT2D eigenvalue weighted by Crippen LogP contribution is -2.08. The minimum absolute atomic E-state index is 0. The molecule has 0 amide bonds. The lowest BCUT2D eigenvalue weighted by Gasteiger charge is -1.80. The third-order valence-corrected chi connectivity index (χ3v) is 1.16. The van der Waals surface area contributed by atoms with Crippen LogP contribution in [0.15, 0.2) is 0 Å². The van der Waals surface area contributed by atoms with Gasteiger partial charge in [0.1, 0.15) is 0 Å². The Hall–Kier alpha value is -0.280. The maximum absolute atomic E-state index is 9.89. The highest BCUT2D eigenvalue weighted by molar-refractivity contribution is 5.85. The Labute approximate surface area is 53.3 Å². The molecule has 1 rings (SSSR count). The lowest BCUT2D eigenvalue weighted by atomic mass is 10.4. The van der Waals surface area contributed by atoms with Crippen LogP contribution in [0.5, 0.6) is 0 Å². The monoisotopic (exact) mass is 137 g/mol. The van der Waals surface area contributed by atoms with Gasteiger partial charge in [-0.1, -0.05) is 0 Å². The summed E-state index contributed by atoms with van der Waals surface area (Å²) in [6.45, 7) is 0. The third kappa shape index (κ3) is 1.35. The van der Waals surface area contributed by atoms with Crippen molar-refractivity contribution >= 4 is 18.4 Å². The van der Waals surface area contributed by atoms with E-state index in [0.29, 0.717) is 6.42 Å². The second-order valence-corrected chi connectivity index (χ2v) is 1.84. The predicted octanol–water partition coefficient (Wildman–Crippen LogP) is -0.160. The van der Waals surface area contributed by atoms with Gasteiger partial charge >= 0.3 is 5.97 Å². The van der Waals surface area contributed by atoms with Crippen LogP contribution in [0.2, 0.25) is 0 Å². The fourth-order valence-electron chi connectivity index (χ4n) is 0.499. The molecule has 0 heterocycles. The molecule has 0 radical (unpaired) electrons. The van der Waals surface area contributed by atoms with Crippen LogP contribution >= 0.6 is 12.4 Å². The average molecular weight is 138 g/mol. The Morgan fingerprint density at radius 1 is 1.75 bits per heavy atom. The summed E-state index contributed by atoms with van der Waals surface area (Å²) in [6.07, 6.45) is 0.662. The normalized spacial score (nSPS) is 33.1. The number of halogens is 1. The Morgan fingerprint density at radius 2 is 2.12 bits per heavy atom. The first-order valence-electron chi connectivity index (χ1n) is 2.20. The zero-order valence-electron chi connectivity index (χ0n) is 4.20. The highest BCUT2D eigenvalue weighted by Gasteiger charge is 2.39. The number of carboxylic acids is 1. The molecule has 0 unspecified atom stereocenters. The van der Waals surface area contributed by atoms with Crippen molar-refractivity contribution in [2.75, 3.05) is 0 Å². The number of hydrogen-bond donors (Lipinski definition) is 2. The Bertz CT molecular complexity index is 106. The number of nitrogens with two attached hydrogens (primary N) is 1. The summed E-state index contributed by atoms with van der Waals surface area (Å²) < 4.78 is 0. The molecule has 0 aromatic carbocycles. The quantitative estimate of drug-likeness (QED) is 0.528. The second-order valence-electron chi connectivity index (χ2n) is 1.84. The number of carbonyl (C=O) groups is 1. The summed E-state index contributed by atoms with van der Waals surface area (Å²) in [5.74, 6) is -0.993. The van der Waals surface area contributed by atoms with Crippen LogP contribution in [0.3, 0.4) is 0 Å². The van der Waals surface area contributed by atoms with Crippen molar-refractivity contribution in [2.45, 2.75) is 12.5 Å². The second kappa shape index (κ2) is 2.33. The molecule has 3 nitrogen and oxygen atoms in total. The zero-order valence-corrected chi connectivity index (χ0v) is 5.02. The van der Waals surface area contributed by atoms with Gasteiger partial charge in [-0.2, -0.15) is 0 Å². The molecule has 1 fully saturated rings. The number of carboxylic acid groups (broad SMARTS) is 1. The van der Waals surface area contributed by atoms with Crippen molar-refractivity contribution in [2.24, 2.45) is 11.7 Å². The van der Waals surface area contributed by atoms with Crippen LogP contribution in [0, 0.1) is 5.92 Å². The minimum atomic E-state index is -0.757. The number of aliphatic carboxylic acids is 1. The van der Waals surface area contributed by atoms with Crippen molar-refractivity contribution in [3.05, 3.63) is 0 Å². The fourth-order valence-corrected chi connectivity index (χ4v) is 0.499. The third-order valence-electron chi connectivity index (χ3n) is 1.16. The topological polar surface area (TPSA) is 63.3 Å². The van der Waals surface area contributed by atoms with Gasteiger partial charge in [0.15, 0.2) is 0 Å². The van der Waals surface area contributed by atoms with Crippen LogP contribution in [0.25, 0.3) is 0 Å². The van der Waals surface area contributed by atoms with Gasteiger partial charge in [0.05, 0.1) is 5.92 Å². The van der Waals surface area contributed by atoms with Crippen LogP contribution in [-0.2, 0) is 4.79 Å². The van der Waals surface area contributed by atoms with E-state index < -0.39 is 5.97 Å². The van der Waals surface area contributed by atoms with Crippen LogP contribution < -0.4 is 5.73 Å². The van der Waals surface area contributed by atoms with E-state index >= 15 is 0 Å². The average Bonchev–Trinajstić information content (AvgIpc) is 2.17. The van der Waals surface area contributed by atoms with E-state index in [-0.39, 0.29) is 24.4 Å². The molecule has 0 bridgehead atoms. The van der Waals surface area contributed by atoms with Crippen LogP contribution in [0.1, 0.15) is 6.42 Å². The van der Waals surface area contributed by atoms with E-state index in [1.54, 1.807) is 0 Å². The van der Waals surface area contributed by atoms with Gasteiger partial charge in [-0.25, -0.2) is 0 Å². The standard InChI is InChI=1S/C4H7NO2.ClH/c5-3-1-2(3)4(6)7;/h2-3H,1,5H2,(H,6,7);1H/t2-,3-;/m1./s1. The van der Waals surface area contributed by atoms with Gasteiger partial charge in [-0.15, -0.1) is 12.4 Å². The highest BCUT2D eigenvalue weighted by Crippen LogP contribution is 2.27. The van der Waals surface area contributed by atoms with Crippen molar-refractivity contribution < 1.29 is 9.90 Å². The number of rotatable bonds is 1. The lowest BCUT2D eigenvalue weighted by molar-refractivity contribution is -0.138. The van der Waals surface area contributed by atoms with Gasteiger partial charge in [0.2, 0.25) is 0 Å². The van der Waals surface area contributed by atoms with Gasteiger partial charge in [0, 0.05) is 6.04 Å².